The first-order chi connectivity index (χ1) is 13.6. The largest absolute Gasteiger partial charge is 0.457 e. The number of hydrogen-bond acceptors (Lipinski definition) is 6. The van der Waals surface area contributed by atoms with Gasteiger partial charge in [0.05, 0.1) is 5.57 Å². The molecule has 0 saturated heterocycles. The molecule has 1 aromatic carbocycles. The summed E-state index contributed by atoms with van der Waals surface area (Å²) in [7, 11) is 0. The number of rotatable bonds is 3. The minimum atomic E-state index is -1.73. The van der Waals surface area contributed by atoms with Gasteiger partial charge in [-0.15, -0.1) is 6.58 Å². The third kappa shape index (κ3) is 2.88. The first kappa shape index (κ1) is 20.2. The molecule has 0 aliphatic carbocycles. The highest BCUT2D eigenvalue weighted by atomic mass is 16.6. The van der Waals surface area contributed by atoms with Gasteiger partial charge in [0.1, 0.15) is 23.0 Å². The van der Waals surface area contributed by atoms with E-state index in [0.717, 1.165) is 0 Å². The van der Waals surface area contributed by atoms with Crippen LogP contribution in [0.4, 0.5) is 0 Å². The number of ether oxygens (including phenoxy) is 2. The summed E-state index contributed by atoms with van der Waals surface area (Å²) in [6, 6.07) is 8.74. The maximum absolute atomic E-state index is 13.8. The van der Waals surface area contributed by atoms with Gasteiger partial charge in [0.15, 0.2) is 5.41 Å². The number of carbonyl (C=O) groups excluding carboxylic acids is 2. The monoisotopic (exact) mass is 393 g/mol. The number of para-hydroxylation sites is 1. The average Bonchev–Trinajstić information content (AvgIpc) is 2.83. The topological polar surface area (TPSA) is 106 Å². The first-order valence-corrected chi connectivity index (χ1v) is 9.14. The predicted molar refractivity (Wildman–Crippen MR) is 106 cm³/mol. The molecule has 2 aliphatic rings. The SMILES string of the molecule is C=CCN1C(=O)[C@@]2(C(C#N)=C(N)Oc3ccccc32)C(C(=O)OC(C)(C)C)=C1C. The minimum Gasteiger partial charge on any atom is -0.457 e. The fourth-order valence-corrected chi connectivity index (χ4v) is 3.82. The summed E-state index contributed by atoms with van der Waals surface area (Å²) in [6.07, 6.45) is 1.55. The Morgan fingerprint density at radius 1 is 1.41 bits per heavy atom. The van der Waals surface area contributed by atoms with Crippen molar-refractivity contribution >= 4 is 11.9 Å². The highest BCUT2D eigenvalue weighted by molar-refractivity contribution is 6.12. The van der Waals surface area contributed by atoms with E-state index in [1.54, 1.807) is 58.0 Å². The lowest BCUT2D eigenvalue weighted by molar-refractivity contribution is -0.151. The maximum Gasteiger partial charge on any atom is 0.338 e. The van der Waals surface area contributed by atoms with Crippen molar-refractivity contribution < 1.29 is 19.1 Å². The van der Waals surface area contributed by atoms with Gasteiger partial charge in [-0.25, -0.2) is 4.79 Å². The van der Waals surface area contributed by atoms with Crippen LogP contribution in [0.5, 0.6) is 5.75 Å². The second-order valence-corrected chi connectivity index (χ2v) is 7.87. The van der Waals surface area contributed by atoms with Crippen molar-refractivity contribution in [1.29, 1.82) is 5.26 Å². The number of nitrogens with two attached hydrogens (primary N) is 1. The van der Waals surface area contributed by atoms with Gasteiger partial charge in [-0.05, 0) is 33.8 Å². The second-order valence-electron chi connectivity index (χ2n) is 7.87. The molecule has 1 amide bonds. The molecule has 0 saturated carbocycles. The number of esters is 1. The van der Waals surface area contributed by atoms with Crippen LogP contribution < -0.4 is 10.5 Å². The van der Waals surface area contributed by atoms with Crippen LogP contribution >= 0.6 is 0 Å². The Morgan fingerprint density at radius 2 is 2.07 bits per heavy atom. The lowest BCUT2D eigenvalue weighted by Gasteiger charge is -2.35. The molecule has 150 valence electrons. The summed E-state index contributed by atoms with van der Waals surface area (Å²) < 4.78 is 11.2. The molecule has 0 bridgehead atoms. The molecule has 7 heteroatoms. The standard InChI is InChI=1S/C22H23N3O4/c1-6-11-25-13(2)17(19(26)29-21(3,4)5)22(20(25)27)14-9-7-8-10-16(14)28-18(24)15(22)12-23/h6-10H,1,11,24H2,2-5H3/t22-/m0/s1. The fraction of sp³-hybridized carbons (Fsp3) is 0.318. The number of fused-ring (bicyclic) bond motifs is 2. The quantitative estimate of drug-likeness (QED) is 0.625. The molecule has 0 unspecified atom stereocenters. The van der Waals surface area contributed by atoms with E-state index in [-0.39, 0.29) is 23.6 Å². The zero-order valence-electron chi connectivity index (χ0n) is 16.9. The van der Waals surface area contributed by atoms with Crippen LogP contribution in [0, 0.1) is 11.3 Å². The van der Waals surface area contributed by atoms with Crippen molar-refractivity contribution in [2.45, 2.75) is 38.7 Å². The highest BCUT2D eigenvalue weighted by Gasteiger charge is 2.62. The third-order valence-corrected chi connectivity index (χ3v) is 4.87. The number of amides is 1. The van der Waals surface area contributed by atoms with Gasteiger partial charge in [0.25, 0.3) is 0 Å². The number of hydrogen-bond donors (Lipinski definition) is 1. The van der Waals surface area contributed by atoms with Crippen molar-refractivity contribution in [2.24, 2.45) is 5.73 Å². The Bertz CT molecular complexity index is 1020. The molecule has 0 fully saturated rings. The molecule has 0 aromatic heterocycles. The molecule has 29 heavy (non-hydrogen) atoms. The van der Waals surface area contributed by atoms with Crippen molar-refractivity contribution in [1.82, 2.24) is 4.90 Å². The van der Waals surface area contributed by atoms with Gasteiger partial charge in [-0.1, -0.05) is 24.3 Å². The number of carbonyl (C=O) groups is 2. The summed E-state index contributed by atoms with van der Waals surface area (Å²) in [4.78, 5) is 28.5. The van der Waals surface area contributed by atoms with E-state index in [4.69, 9.17) is 15.2 Å². The molecule has 2 aliphatic heterocycles. The van der Waals surface area contributed by atoms with Gasteiger partial charge in [-0.2, -0.15) is 5.26 Å². The molecule has 0 radical (unpaired) electrons. The predicted octanol–water partition coefficient (Wildman–Crippen LogP) is 2.65. The lowest BCUT2D eigenvalue weighted by atomic mass is 9.68. The van der Waals surface area contributed by atoms with Crippen LogP contribution in [-0.2, 0) is 19.7 Å². The molecule has 1 atom stereocenters. The van der Waals surface area contributed by atoms with Gasteiger partial charge in [0, 0.05) is 17.8 Å². The minimum absolute atomic E-state index is 0.0644. The van der Waals surface area contributed by atoms with E-state index in [2.05, 4.69) is 6.58 Å². The summed E-state index contributed by atoms with van der Waals surface area (Å²) >= 11 is 0. The van der Waals surface area contributed by atoms with E-state index in [9.17, 15) is 14.9 Å². The van der Waals surface area contributed by atoms with E-state index in [1.165, 1.54) is 4.90 Å². The molecule has 3 rings (SSSR count). The highest BCUT2D eigenvalue weighted by Crippen LogP contribution is 2.53. The first-order valence-electron chi connectivity index (χ1n) is 9.14. The molecular formula is C22H23N3O4. The van der Waals surface area contributed by atoms with Crippen LogP contribution in [0.25, 0.3) is 0 Å². The summed E-state index contributed by atoms with van der Waals surface area (Å²) in [5, 5.41) is 9.93. The smallest absolute Gasteiger partial charge is 0.338 e. The Kier molecular flexibility index (Phi) is 4.75. The van der Waals surface area contributed by atoms with E-state index in [1.807, 2.05) is 6.07 Å². The average molecular weight is 393 g/mol. The maximum atomic E-state index is 13.8. The number of nitriles is 1. The van der Waals surface area contributed by atoms with Crippen molar-refractivity contribution in [2.75, 3.05) is 6.54 Å². The normalized spacial score (nSPS) is 21.1. The van der Waals surface area contributed by atoms with E-state index >= 15 is 0 Å². The summed E-state index contributed by atoms with van der Waals surface area (Å²) in [5.74, 6) is -1.06. The van der Waals surface area contributed by atoms with Crippen LogP contribution in [0.3, 0.4) is 0 Å². The van der Waals surface area contributed by atoms with Gasteiger partial charge in [-0.3, -0.25) is 4.79 Å². The third-order valence-electron chi connectivity index (χ3n) is 4.87. The van der Waals surface area contributed by atoms with Crippen LogP contribution in [0.1, 0.15) is 33.3 Å². The number of nitrogens with zero attached hydrogens (tertiary/aromatic N) is 2. The summed E-state index contributed by atoms with van der Waals surface area (Å²) in [6.45, 7) is 10.7. The van der Waals surface area contributed by atoms with Crippen LogP contribution in [0.2, 0.25) is 0 Å². The number of benzene rings is 1. The van der Waals surface area contributed by atoms with Crippen molar-refractivity contribution in [3.05, 3.63) is 65.2 Å². The molecular weight excluding hydrogens is 370 g/mol. The zero-order valence-corrected chi connectivity index (χ0v) is 16.9. The van der Waals surface area contributed by atoms with Crippen LogP contribution in [0.15, 0.2) is 59.6 Å². The Hall–Kier alpha value is -3.53. The molecule has 2 heterocycles. The van der Waals surface area contributed by atoms with Crippen molar-refractivity contribution in [3.63, 3.8) is 0 Å². The fourth-order valence-electron chi connectivity index (χ4n) is 3.82. The number of allylic oxidation sites excluding steroid dienone is 1. The zero-order chi connectivity index (χ0) is 21.6. The molecule has 1 spiro atoms. The van der Waals surface area contributed by atoms with E-state index in [0.29, 0.717) is 17.0 Å². The van der Waals surface area contributed by atoms with E-state index < -0.39 is 22.9 Å². The lowest BCUT2D eigenvalue weighted by Crippen LogP contribution is -2.47. The van der Waals surface area contributed by atoms with Crippen molar-refractivity contribution in [3.8, 4) is 11.8 Å². The van der Waals surface area contributed by atoms with Gasteiger partial charge < -0.3 is 20.1 Å². The molecule has 7 nitrogen and oxygen atoms in total. The second kappa shape index (κ2) is 6.82. The Morgan fingerprint density at radius 3 is 2.66 bits per heavy atom. The molecule has 1 aromatic rings. The Balaban J connectivity index is 2.40. The van der Waals surface area contributed by atoms with Gasteiger partial charge in [0.2, 0.25) is 11.8 Å². The Labute approximate surface area is 169 Å². The summed E-state index contributed by atoms with van der Waals surface area (Å²) in [5.41, 5.74) is 4.21. The van der Waals surface area contributed by atoms with Crippen LogP contribution in [-0.4, -0.2) is 28.9 Å². The van der Waals surface area contributed by atoms with Gasteiger partial charge >= 0.3 is 5.97 Å². The molecule has 2 N–H and O–H groups in total.